The normalized spacial score (nSPS) is 11.3. The highest BCUT2D eigenvalue weighted by atomic mass is 35.5. The molecule has 0 heterocycles. The number of nitrogens with one attached hydrogen (secondary N) is 2. The van der Waals surface area contributed by atoms with Crippen LogP contribution in [0.25, 0.3) is 0 Å². The van der Waals surface area contributed by atoms with Crippen molar-refractivity contribution < 1.29 is 18.0 Å². The molecular formula is C18H19ClN2O4S. The van der Waals surface area contributed by atoms with E-state index in [1.54, 1.807) is 26.0 Å². The molecule has 0 aliphatic rings. The minimum atomic E-state index is -3.64. The third-order valence-electron chi connectivity index (χ3n) is 3.76. The van der Waals surface area contributed by atoms with Crippen molar-refractivity contribution in [1.82, 2.24) is 5.32 Å². The van der Waals surface area contributed by atoms with E-state index >= 15 is 0 Å². The largest absolute Gasteiger partial charge is 0.355 e. The molecule has 26 heavy (non-hydrogen) atoms. The SMILES string of the molecule is CNC(=O)c1ccc(Cl)c(NC(=O)c2ccccc2S(=O)(=O)C(C)C)c1. The van der Waals surface area contributed by atoms with E-state index in [1.165, 1.54) is 37.4 Å². The van der Waals surface area contributed by atoms with Crippen LogP contribution >= 0.6 is 11.6 Å². The van der Waals surface area contributed by atoms with Crippen LogP contribution in [0.3, 0.4) is 0 Å². The van der Waals surface area contributed by atoms with Crippen molar-refractivity contribution in [2.45, 2.75) is 24.0 Å². The van der Waals surface area contributed by atoms with Gasteiger partial charge in [0, 0.05) is 12.6 Å². The van der Waals surface area contributed by atoms with E-state index < -0.39 is 21.0 Å². The number of carbonyl (C=O) groups is 2. The molecule has 0 aliphatic heterocycles. The lowest BCUT2D eigenvalue weighted by molar-refractivity contribution is 0.0961. The van der Waals surface area contributed by atoms with E-state index in [4.69, 9.17) is 11.6 Å². The summed E-state index contributed by atoms with van der Waals surface area (Å²) in [6.07, 6.45) is 0. The third kappa shape index (κ3) is 4.05. The van der Waals surface area contributed by atoms with E-state index in [1.807, 2.05) is 0 Å². The minimum Gasteiger partial charge on any atom is -0.355 e. The van der Waals surface area contributed by atoms with Gasteiger partial charge in [-0.1, -0.05) is 23.7 Å². The van der Waals surface area contributed by atoms with Crippen molar-refractivity contribution in [3.63, 3.8) is 0 Å². The van der Waals surface area contributed by atoms with Gasteiger partial charge in [-0.3, -0.25) is 9.59 Å². The maximum atomic E-state index is 12.7. The Hall–Kier alpha value is -2.38. The van der Waals surface area contributed by atoms with Gasteiger partial charge in [-0.2, -0.15) is 0 Å². The molecule has 0 fully saturated rings. The lowest BCUT2D eigenvalue weighted by atomic mass is 10.1. The molecule has 2 N–H and O–H groups in total. The average molecular weight is 395 g/mol. The molecule has 0 aliphatic carbocycles. The summed E-state index contributed by atoms with van der Waals surface area (Å²) < 4.78 is 25.0. The number of halogens is 1. The number of rotatable bonds is 5. The van der Waals surface area contributed by atoms with Gasteiger partial charge in [0.05, 0.1) is 26.4 Å². The molecule has 6 nitrogen and oxygen atoms in total. The molecule has 2 rings (SSSR count). The zero-order valence-electron chi connectivity index (χ0n) is 14.5. The van der Waals surface area contributed by atoms with Crippen LogP contribution in [0.5, 0.6) is 0 Å². The smallest absolute Gasteiger partial charge is 0.257 e. The van der Waals surface area contributed by atoms with E-state index in [-0.39, 0.29) is 27.1 Å². The highest BCUT2D eigenvalue weighted by Gasteiger charge is 2.25. The van der Waals surface area contributed by atoms with Gasteiger partial charge in [-0.25, -0.2) is 8.42 Å². The number of hydrogen-bond donors (Lipinski definition) is 2. The number of anilines is 1. The molecule has 0 aromatic heterocycles. The van der Waals surface area contributed by atoms with Gasteiger partial charge in [0.2, 0.25) is 0 Å². The Bertz CT molecular complexity index is 955. The lowest BCUT2D eigenvalue weighted by Gasteiger charge is -2.14. The molecule has 8 heteroatoms. The van der Waals surface area contributed by atoms with Crippen LogP contribution in [0.1, 0.15) is 34.6 Å². The second-order valence-corrected chi connectivity index (χ2v) is 8.70. The van der Waals surface area contributed by atoms with Crippen molar-refractivity contribution in [2.75, 3.05) is 12.4 Å². The van der Waals surface area contributed by atoms with Crippen LogP contribution in [0.15, 0.2) is 47.4 Å². The van der Waals surface area contributed by atoms with Crippen LogP contribution in [0, 0.1) is 0 Å². The zero-order chi connectivity index (χ0) is 19.5. The number of benzene rings is 2. The number of sulfone groups is 1. The Balaban J connectivity index is 2.43. The fourth-order valence-electron chi connectivity index (χ4n) is 2.25. The summed E-state index contributed by atoms with van der Waals surface area (Å²) in [6.45, 7) is 3.10. The Morgan fingerprint density at radius 3 is 2.31 bits per heavy atom. The van der Waals surface area contributed by atoms with Crippen LogP contribution in [-0.2, 0) is 9.84 Å². The van der Waals surface area contributed by atoms with Crippen LogP contribution in [-0.4, -0.2) is 32.5 Å². The van der Waals surface area contributed by atoms with Crippen molar-refractivity contribution >= 4 is 38.9 Å². The number of carbonyl (C=O) groups excluding carboxylic acids is 2. The van der Waals surface area contributed by atoms with Gasteiger partial charge in [0.25, 0.3) is 11.8 Å². The summed E-state index contributed by atoms with van der Waals surface area (Å²) in [7, 11) is -2.15. The zero-order valence-corrected chi connectivity index (χ0v) is 16.1. The minimum absolute atomic E-state index is 0.0163. The monoisotopic (exact) mass is 394 g/mol. The average Bonchev–Trinajstić information content (AvgIpc) is 2.62. The van der Waals surface area contributed by atoms with Crippen molar-refractivity contribution in [3.05, 3.63) is 58.6 Å². The highest BCUT2D eigenvalue weighted by molar-refractivity contribution is 7.92. The molecule has 0 saturated heterocycles. The van der Waals surface area contributed by atoms with E-state index in [2.05, 4.69) is 10.6 Å². The predicted octanol–water partition coefficient (Wildman–Crippen LogP) is 3.13. The van der Waals surface area contributed by atoms with E-state index in [9.17, 15) is 18.0 Å². The molecule has 0 radical (unpaired) electrons. The third-order valence-corrected chi connectivity index (χ3v) is 6.30. The Kier molecular flexibility index (Phi) is 6.05. The summed E-state index contributed by atoms with van der Waals surface area (Å²) in [5.74, 6) is -0.958. The van der Waals surface area contributed by atoms with Gasteiger partial charge in [0.15, 0.2) is 9.84 Å². The van der Waals surface area contributed by atoms with Gasteiger partial charge in [-0.05, 0) is 44.2 Å². The Labute approximate surface area is 157 Å². The van der Waals surface area contributed by atoms with Gasteiger partial charge in [0.1, 0.15) is 0 Å². The summed E-state index contributed by atoms with van der Waals surface area (Å²) in [5.41, 5.74) is 0.549. The Morgan fingerprint density at radius 2 is 1.69 bits per heavy atom. The first-order valence-corrected chi connectivity index (χ1v) is 9.76. The highest BCUT2D eigenvalue weighted by Crippen LogP contribution is 2.26. The molecular weight excluding hydrogens is 376 g/mol. The summed E-state index contributed by atoms with van der Waals surface area (Å²) in [6, 6.07) is 10.4. The second kappa shape index (κ2) is 7.88. The van der Waals surface area contributed by atoms with Crippen molar-refractivity contribution in [3.8, 4) is 0 Å². The maximum Gasteiger partial charge on any atom is 0.257 e. The standard InChI is InChI=1S/C18H19ClN2O4S/c1-11(2)26(24,25)16-7-5-4-6-13(16)18(23)21-15-10-12(17(22)20-3)8-9-14(15)19/h4-11H,1-3H3,(H,20,22)(H,21,23). The Morgan fingerprint density at radius 1 is 1.04 bits per heavy atom. The number of hydrogen-bond acceptors (Lipinski definition) is 4. The van der Waals surface area contributed by atoms with Gasteiger partial charge < -0.3 is 10.6 Å². The van der Waals surface area contributed by atoms with Crippen molar-refractivity contribution in [2.24, 2.45) is 0 Å². The first-order valence-electron chi connectivity index (χ1n) is 7.84. The van der Waals surface area contributed by atoms with Crippen LogP contribution in [0.4, 0.5) is 5.69 Å². The topological polar surface area (TPSA) is 92.3 Å². The first-order chi connectivity index (χ1) is 12.2. The van der Waals surface area contributed by atoms with Gasteiger partial charge in [-0.15, -0.1) is 0 Å². The first kappa shape index (κ1) is 19.9. The second-order valence-electron chi connectivity index (χ2n) is 5.82. The molecule has 0 spiro atoms. The van der Waals surface area contributed by atoms with Crippen LogP contribution < -0.4 is 10.6 Å². The summed E-state index contributed by atoms with van der Waals surface area (Å²) in [4.78, 5) is 24.4. The van der Waals surface area contributed by atoms with E-state index in [0.29, 0.717) is 5.56 Å². The molecule has 0 saturated carbocycles. The quantitative estimate of drug-likeness (QED) is 0.814. The van der Waals surface area contributed by atoms with E-state index in [0.717, 1.165) is 0 Å². The molecule has 2 aromatic carbocycles. The maximum absolute atomic E-state index is 12.7. The predicted molar refractivity (Wildman–Crippen MR) is 102 cm³/mol. The summed E-state index contributed by atoms with van der Waals surface area (Å²) in [5, 5.41) is 4.62. The molecule has 2 aromatic rings. The molecule has 0 atom stereocenters. The van der Waals surface area contributed by atoms with Crippen molar-refractivity contribution in [1.29, 1.82) is 0 Å². The lowest BCUT2D eigenvalue weighted by Crippen LogP contribution is -2.21. The number of amides is 2. The molecule has 0 bridgehead atoms. The fourth-order valence-corrected chi connectivity index (χ4v) is 3.66. The molecule has 2 amide bonds. The molecule has 0 unspecified atom stereocenters. The molecule has 138 valence electrons. The fraction of sp³-hybridized carbons (Fsp3) is 0.222. The van der Waals surface area contributed by atoms with Gasteiger partial charge >= 0.3 is 0 Å². The van der Waals surface area contributed by atoms with Crippen LogP contribution in [0.2, 0.25) is 5.02 Å². The summed E-state index contributed by atoms with van der Waals surface area (Å²) >= 11 is 6.09.